The lowest BCUT2D eigenvalue weighted by atomic mass is 9.73. The van der Waals surface area contributed by atoms with E-state index in [0.717, 1.165) is 35.3 Å². The van der Waals surface area contributed by atoms with Crippen LogP contribution >= 0.6 is 23.0 Å². The van der Waals surface area contributed by atoms with Crippen LogP contribution in [0.5, 0.6) is 11.5 Å². The third-order valence-electron chi connectivity index (χ3n) is 6.13. The van der Waals surface area contributed by atoms with Crippen molar-refractivity contribution in [3.8, 4) is 22.6 Å². The molecule has 0 atom stereocenters. The van der Waals surface area contributed by atoms with Crippen molar-refractivity contribution in [2.75, 3.05) is 7.11 Å². The van der Waals surface area contributed by atoms with Crippen LogP contribution in [-0.4, -0.2) is 7.11 Å². The zero-order valence-electron chi connectivity index (χ0n) is 15.7. The van der Waals surface area contributed by atoms with Crippen molar-refractivity contribution >= 4 is 33.8 Å². The molecule has 1 aliphatic carbocycles. The molecule has 0 N–H and O–H groups in total. The smallest absolute Gasteiger partial charge is 0.192 e. The fraction of sp³-hybridized carbons (Fsp3) is 0.304. The molecule has 3 heteroatoms. The SMILES string of the molecule is CCC1(CC)c2ccccc2-c2c1cc(OI)c1cc(OC)c(C)cc21. The molecule has 0 radical (unpaired) electrons. The normalized spacial score (nSPS) is 14.2. The molecule has 1 aliphatic rings. The van der Waals surface area contributed by atoms with Gasteiger partial charge >= 0.3 is 0 Å². The number of ether oxygens (including phenoxy) is 1. The lowest BCUT2D eigenvalue weighted by Crippen LogP contribution is -2.23. The van der Waals surface area contributed by atoms with E-state index in [0.29, 0.717) is 0 Å². The quantitative estimate of drug-likeness (QED) is 0.393. The number of rotatable bonds is 4. The molecule has 3 aromatic carbocycles. The molecule has 0 spiro atoms. The second-order valence-corrected chi connectivity index (χ2v) is 7.52. The Hall–Kier alpha value is -1.75. The monoisotopic (exact) mass is 458 g/mol. The average molecular weight is 458 g/mol. The highest BCUT2D eigenvalue weighted by molar-refractivity contribution is 14.1. The van der Waals surface area contributed by atoms with Gasteiger partial charge in [0.25, 0.3) is 0 Å². The van der Waals surface area contributed by atoms with Crippen molar-refractivity contribution in [2.45, 2.75) is 39.0 Å². The van der Waals surface area contributed by atoms with Gasteiger partial charge in [0.15, 0.2) is 23.0 Å². The van der Waals surface area contributed by atoms with E-state index >= 15 is 0 Å². The summed E-state index contributed by atoms with van der Waals surface area (Å²) in [6, 6.07) is 15.5. The summed E-state index contributed by atoms with van der Waals surface area (Å²) in [5, 5.41) is 2.36. The maximum atomic E-state index is 5.79. The summed E-state index contributed by atoms with van der Waals surface area (Å²) in [4.78, 5) is 0. The number of benzene rings is 3. The molecule has 0 saturated heterocycles. The molecule has 26 heavy (non-hydrogen) atoms. The Morgan fingerprint density at radius 3 is 2.31 bits per heavy atom. The van der Waals surface area contributed by atoms with Crippen molar-refractivity contribution in [1.82, 2.24) is 0 Å². The van der Waals surface area contributed by atoms with Gasteiger partial charge in [-0.1, -0.05) is 38.1 Å². The molecule has 3 aromatic rings. The van der Waals surface area contributed by atoms with Gasteiger partial charge in [-0.3, -0.25) is 0 Å². The summed E-state index contributed by atoms with van der Waals surface area (Å²) < 4.78 is 11.4. The third kappa shape index (κ3) is 2.22. The summed E-state index contributed by atoms with van der Waals surface area (Å²) >= 11 is 1.99. The van der Waals surface area contributed by atoms with Crippen LogP contribution in [0, 0.1) is 6.92 Å². The lowest BCUT2D eigenvalue weighted by Gasteiger charge is -2.30. The van der Waals surface area contributed by atoms with E-state index in [2.05, 4.69) is 63.2 Å². The number of methoxy groups -OCH3 is 1. The molecule has 0 saturated carbocycles. The number of hydrogen-bond donors (Lipinski definition) is 0. The Kier molecular flexibility index (Phi) is 4.38. The first-order chi connectivity index (χ1) is 12.6. The van der Waals surface area contributed by atoms with E-state index in [1.807, 2.05) is 23.0 Å². The largest absolute Gasteiger partial charge is 0.496 e. The molecule has 0 unspecified atom stereocenters. The molecule has 0 heterocycles. The number of aryl methyl sites for hydroxylation is 1. The van der Waals surface area contributed by atoms with Gasteiger partial charge in [0.1, 0.15) is 11.5 Å². The lowest BCUT2D eigenvalue weighted by molar-refractivity contribution is 0.412. The minimum Gasteiger partial charge on any atom is -0.496 e. The van der Waals surface area contributed by atoms with Gasteiger partial charge in [-0.05, 0) is 71.2 Å². The number of fused-ring (bicyclic) bond motifs is 5. The highest BCUT2D eigenvalue weighted by Crippen LogP contribution is 2.56. The molecule has 134 valence electrons. The maximum Gasteiger partial charge on any atom is 0.192 e. The first kappa shape index (κ1) is 17.7. The van der Waals surface area contributed by atoms with Crippen LogP contribution in [0.1, 0.15) is 43.4 Å². The van der Waals surface area contributed by atoms with Gasteiger partial charge in [0.2, 0.25) is 0 Å². The van der Waals surface area contributed by atoms with Gasteiger partial charge in [0, 0.05) is 10.8 Å². The molecule has 0 aliphatic heterocycles. The number of halogens is 1. The minimum atomic E-state index is 0.0534. The second-order valence-electron chi connectivity index (χ2n) is 7.08. The van der Waals surface area contributed by atoms with Gasteiger partial charge in [-0.15, -0.1) is 0 Å². The van der Waals surface area contributed by atoms with Crippen LogP contribution in [0.2, 0.25) is 0 Å². The average Bonchev–Trinajstić information content (AvgIpc) is 2.96. The van der Waals surface area contributed by atoms with E-state index in [4.69, 9.17) is 7.80 Å². The Morgan fingerprint density at radius 1 is 0.923 bits per heavy atom. The van der Waals surface area contributed by atoms with Crippen molar-refractivity contribution in [2.24, 2.45) is 0 Å². The maximum absolute atomic E-state index is 5.79. The predicted octanol–water partition coefficient (Wildman–Crippen LogP) is 6.97. The molecular formula is C23H23IO2. The summed E-state index contributed by atoms with van der Waals surface area (Å²) in [6.07, 6.45) is 2.16. The summed E-state index contributed by atoms with van der Waals surface area (Å²) in [5.41, 5.74) is 6.77. The van der Waals surface area contributed by atoms with Crippen LogP contribution in [0.25, 0.3) is 21.9 Å². The third-order valence-corrected chi connectivity index (χ3v) is 6.61. The van der Waals surface area contributed by atoms with Crippen LogP contribution in [0.15, 0.2) is 42.5 Å². The summed E-state index contributed by atoms with van der Waals surface area (Å²) in [5.74, 6) is 1.81. The van der Waals surface area contributed by atoms with Gasteiger partial charge < -0.3 is 7.80 Å². The molecule has 0 aromatic heterocycles. The summed E-state index contributed by atoms with van der Waals surface area (Å²) in [6.45, 7) is 6.70. The zero-order chi connectivity index (χ0) is 18.5. The van der Waals surface area contributed by atoms with Crippen LogP contribution < -0.4 is 7.80 Å². The topological polar surface area (TPSA) is 18.5 Å². The van der Waals surface area contributed by atoms with E-state index in [9.17, 15) is 0 Å². The zero-order valence-corrected chi connectivity index (χ0v) is 17.8. The predicted molar refractivity (Wildman–Crippen MR) is 117 cm³/mol. The van der Waals surface area contributed by atoms with Crippen LogP contribution in [0.4, 0.5) is 0 Å². The molecule has 0 amide bonds. The van der Waals surface area contributed by atoms with Gasteiger partial charge in [-0.25, -0.2) is 0 Å². The van der Waals surface area contributed by atoms with E-state index in [-0.39, 0.29) is 5.41 Å². The molecule has 0 bridgehead atoms. The fourth-order valence-corrected chi connectivity index (χ4v) is 5.12. The first-order valence-electron chi connectivity index (χ1n) is 9.15. The van der Waals surface area contributed by atoms with E-state index in [1.165, 1.54) is 27.6 Å². The van der Waals surface area contributed by atoms with Crippen LogP contribution in [0.3, 0.4) is 0 Å². The van der Waals surface area contributed by atoms with Gasteiger partial charge in [-0.2, -0.15) is 0 Å². The van der Waals surface area contributed by atoms with E-state index in [1.54, 1.807) is 7.11 Å². The number of hydrogen-bond acceptors (Lipinski definition) is 2. The highest BCUT2D eigenvalue weighted by Gasteiger charge is 2.41. The van der Waals surface area contributed by atoms with Crippen molar-refractivity contribution in [3.05, 3.63) is 59.2 Å². The molecule has 0 fully saturated rings. The van der Waals surface area contributed by atoms with Crippen molar-refractivity contribution in [1.29, 1.82) is 0 Å². The minimum absolute atomic E-state index is 0.0534. The second kappa shape index (κ2) is 6.45. The van der Waals surface area contributed by atoms with Crippen LogP contribution in [-0.2, 0) is 5.41 Å². The molecule has 2 nitrogen and oxygen atoms in total. The first-order valence-corrected chi connectivity index (χ1v) is 10.0. The fourth-order valence-electron chi connectivity index (χ4n) is 4.75. The van der Waals surface area contributed by atoms with Crippen molar-refractivity contribution in [3.63, 3.8) is 0 Å². The molecular weight excluding hydrogens is 435 g/mol. The Balaban J connectivity index is 2.20. The standard InChI is InChI=1S/C23H23IO2/c1-5-23(6-2)18-10-8-7-9-15(18)22-17-11-14(3)20(25-4)12-16(17)21(26-24)13-19(22)23/h7-13H,5-6H2,1-4H3. The summed E-state index contributed by atoms with van der Waals surface area (Å²) in [7, 11) is 1.72. The van der Waals surface area contributed by atoms with E-state index < -0.39 is 0 Å². The Morgan fingerprint density at radius 2 is 1.65 bits per heavy atom. The highest BCUT2D eigenvalue weighted by atomic mass is 127. The Bertz CT molecular complexity index is 1000. The van der Waals surface area contributed by atoms with Crippen molar-refractivity contribution < 1.29 is 7.80 Å². The van der Waals surface area contributed by atoms with Gasteiger partial charge in [0.05, 0.1) is 7.11 Å². The Labute approximate surface area is 169 Å². The molecule has 4 rings (SSSR count).